The van der Waals surface area contributed by atoms with Crippen LogP contribution in [0.25, 0.3) is 0 Å². The summed E-state index contributed by atoms with van der Waals surface area (Å²) in [6, 6.07) is 1.80. The minimum atomic E-state index is 0.592. The van der Waals surface area contributed by atoms with Crippen LogP contribution in [0.2, 0.25) is 0 Å². The highest BCUT2D eigenvalue weighted by atomic mass is 32.1. The fraction of sp³-hybridized carbons (Fsp3) is 0.417. The maximum absolute atomic E-state index is 4.63. The molecule has 1 aliphatic heterocycles. The van der Waals surface area contributed by atoms with Gasteiger partial charge in [-0.25, -0.2) is 15.0 Å². The van der Waals surface area contributed by atoms with Crippen molar-refractivity contribution in [2.24, 2.45) is 0 Å². The van der Waals surface area contributed by atoms with Crippen molar-refractivity contribution >= 4 is 22.4 Å². The van der Waals surface area contributed by atoms with Gasteiger partial charge in [0.1, 0.15) is 0 Å². The van der Waals surface area contributed by atoms with E-state index in [-0.39, 0.29) is 0 Å². The Morgan fingerprint density at radius 2 is 2.00 bits per heavy atom. The lowest BCUT2D eigenvalue weighted by Crippen LogP contribution is -2.26. The Balaban J connectivity index is 1.69. The first kappa shape index (κ1) is 11.6. The zero-order valence-corrected chi connectivity index (χ0v) is 10.8. The van der Waals surface area contributed by atoms with Crippen LogP contribution in [0.1, 0.15) is 24.5 Å². The lowest BCUT2D eigenvalue weighted by atomic mass is 9.96. The molecule has 0 bridgehead atoms. The molecule has 5 nitrogen and oxygen atoms in total. The van der Waals surface area contributed by atoms with E-state index in [9.17, 15) is 0 Å². The van der Waals surface area contributed by atoms with Gasteiger partial charge in [-0.1, -0.05) is 0 Å². The van der Waals surface area contributed by atoms with Crippen LogP contribution in [-0.2, 0) is 0 Å². The van der Waals surface area contributed by atoms with Gasteiger partial charge in [0.05, 0.1) is 5.69 Å². The molecule has 0 amide bonds. The highest BCUT2D eigenvalue weighted by molar-refractivity contribution is 7.13. The smallest absolute Gasteiger partial charge is 0.228 e. The summed E-state index contributed by atoms with van der Waals surface area (Å²) in [5, 5.41) is 9.51. The van der Waals surface area contributed by atoms with Gasteiger partial charge in [-0.3, -0.25) is 0 Å². The molecule has 2 aromatic rings. The number of aromatic nitrogens is 3. The first-order valence-electron chi connectivity index (χ1n) is 6.12. The molecule has 3 rings (SSSR count). The van der Waals surface area contributed by atoms with Crippen molar-refractivity contribution in [2.75, 3.05) is 18.4 Å². The third kappa shape index (κ3) is 2.65. The molecule has 1 fully saturated rings. The van der Waals surface area contributed by atoms with Gasteiger partial charge in [0.2, 0.25) is 5.95 Å². The Morgan fingerprint density at radius 1 is 1.22 bits per heavy atom. The number of thiazole rings is 1. The second-order valence-electron chi connectivity index (χ2n) is 4.30. The summed E-state index contributed by atoms with van der Waals surface area (Å²) < 4.78 is 0. The first-order chi connectivity index (χ1) is 8.92. The van der Waals surface area contributed by atoms with Crippen LogP contribution in [0.3, 0.4) is 0 Å². The Hall–Kier alpha value is -1.53. The number of anilines is 2. The van der Waals surface area contributed by atoms with Gasteiger partial charge in [0.25, 0.3) is 0 Å². The molecule has 18 heavy (non-hydrogen) atoms. The zero-order valence-electron chi connectivity index (χ0n) is 9.97. The average molecular weight is 261 g/mol. The normalized spacial score (nSPS) is 16.7. The molecular weight excluding hydrogens is 246 g/mol. The molecule has 0 aromatic carbocycles. The summed E-state index contributed by atoms with van der Waals surface area (Å²) in [5.74, 6) is 1.19. The predicted octanol–water partition coefficient (Wildman–Crippen LogP) is 2.14. The van der Waals surface area contributed by atoms with Gasteiger partial charge in [-0.15, -0.1) is 11.3 Å². The maximum Gasteiger partial charge on any atom is 0.228 e. The Kier molecular flexibility index (Phi) is 3.47. The second-order valence-corrected chi connectivity index (χ2v) is 5.16. The molecule has 1 saturated heterocycles. The quantitative estimate of drug-likeness (QED) is 0.886. The Morgan fingerprint density at radius 3 is 2.78 bits per heavy atom. The van der Waals surface area contributed by atoms with Crippen LogP contribution in [0.15, 0.2) is 23.8 Å². The monoisotopic (exact) mass is 261 g/mol. The van der Waals surface area contributed by atoms with E-state index < -0.39 is 0 Å². The Bertz CT molecular complexity index is 492. The van der Waals surface area contributed by atoms with Crippen molar-refractivity contribution in [1.29, 1.82) is 0 Å². The highest BCUT2D eigenvalue weighted by Gasteiger charge is 2.18. The topological polar surface area (TPSA) is 62.7 Å². The minimum Gasteiger partial charge on any atom is -0.317 e. The SMILES string of the molecule is c1cnc(Nc2nc(C3CCNCC3)cs2)nc1. The largest absolute Gasteiger partial charge is 0.317 e. The lowest BCUT2D eigenvalue weighted by Gasteiger charge is -2.20. The molecule has 1 aliphatic rings. The molecule has 0 radical (unpaired) electrons. The number of piperidine rings is 1. The molecule has 0 saturated carbocycles. The number of nitrogens with zero attached hydrogens (tertiary/aromatic N) is 3. The molecule has 0 spiro atoms. The number of nitrogens with one attached hydrogen (secondary N) is 2. The van der Waals surface area contributed by atoms with E-state index in [1.807, 2.05) is 0 Å². The van der Waals surface area contributed by atoms with Crippen LogP contribution in [-0.4, -0.2) is 28.0 Å². The van der Waals surface area contributed by atoms with Crippen molar-refractivity contribution < 1.29 is 0 Å². The summed E-state index contributed by atoms with van der Waals surface area (Å²) in [6.45, 7) is 2.18. The molecule has 2 aromatic heterocycles. The molecule has 2 N–H and O–H groups in total. The van der Waals surface area contributed by atoms with Crippen molar-refractivity contribution in [1.82, 2.24) is 20.3 Å². The fourth-order valence-electron chi connectivity index (χ4n) is 2.11. The van der Waals surface area contributed by atoms with Gasteiger partial charge >= 0.3 is 0 Å². The highest BCUT2D eigenvalue weighted by Crippen LogP contribution is 2.28. The summed E-state index contributed by atoms with van der Waals surface area (Å²) in [4.78, 5) is 12.9. The first-order valence-corrected chi connectivity index (χ1v) is 7.00. The standard InChI is InChI=1S/C12H15N5S/c1-4-14-11(15-5-1)17-12-16-10(8-18-12)9-2-6-13-7-3-9/h1,4-5,8-9,13H,2-3,6-7H2,(H,14,15,16,17). The molecule has 94 valence electrons. The van der Waals surface area contributed by atoms with Gasteiger partial charge in [0.15, 0.2) is 5.13 Å². The van der Waals surface area contributed by atoms with E-state index >= 15 is 0 Å². The van der Waals surface area contributed by atoms with Gasteiger partial charge in [-0.2, -0.15) is 0 Å². The summed E-state index contributed by atoms with van der Waals surface area (Å²) in [7, 11) is 0. The van der Waals surface area contributed by atoms with E-state index in [0.29, 0.717) is 11.9 Å². The molecule has 0 atom stereocenters. The van der Waals surface area contributed by atoms with Gasteiger partial charge in [0, 0.05) is 23.7 Å². The minimum absolute atomic E-state index is 0.592. The van der Waals surface area contributed by atoms with Crippen molar-refractivity contribution in [2.45, 2.75) is 18.8 Å². The van der Waals surface area contributed by atoms with Crippen molar-refractivity contribution in [3.63, 3.8) is 0 Å². The summed E-state index contributed by atoms with van der Waals surface area (Å²) >= 11 is 1.62. The van der Waals surface area contributed by atoms with Crippen LogP contribution in [0.5, 0.6) is 0 Å². The van der Waals surface area contributed by atoms with Crippen molar-refractivity contribution in [3.05, 3.63) is 29.5 Å². The van der Waals surface area contributed by atoms with Crippen LogP contribution < -0.4 is 10.6 Å². The van der Waals surface area contributed by atoms with Crippen LogP contribution >= 0.6 is 11.3 Å². The Labute approximate surface area is 110 Å². The van der Waals surface area contributed by atoms with E-state index in [1.165, 1.54) is 18.5 Å². The number of hydrogen-bond donors (Lipinski definition) is 2. The van der Waals surface area contributed by atoms with E-state index in [0.717, 1.165) is 18.2 Å². The average Bonchev–Trinajstić information content (AvgIpc) is 2.89. The fourth-order valence-corrected chi connectivity index (χ4v) is 2.89. The summed E-state index contributed by atoms with van der Waals surface area (Å²) in [5.41, 5.74) is 1.19. The molecule has 0 unspecified atom stereocenters. The van der Waals surface area contributed by atoms with E-state index in [2.05, 4.69) is 31.0 Å². The third-order valence-corrected chi connectivity index (χ3v) is 3.84. The molecule has 3 heterocycles. The van der Waals surface area contributed by atoms with Gasteiger partial charge in [-0.05, 0) is 32.0 Å². The third-order valence-electron chi connectivity index (χ3n) is 3.06. The predicted molar refractivity (Wildman–Crippen MR) is 72.3 cm³/mol. The second kappa shape index (κ2) is 5.41. The van der Waals surface area contributed by atoms with E-state index in [4.69, 9.17) is 0 Å². The molecule has 0 aliphatic carbocycles. The van der Waals surface area contributed by atoms with Crippen molar-refractivity contribution in [3.8, 4) is 0 Å². The molecular formula is C12H15N5S. The zero-order chi connectivity index (χ0) is 12.2. The van der Waals surface area contributed by atoms with Gasteiger partial charge < -0.3 is 10.6 Å². The number of rotatable bonds is 3. The van der Waals surface area contributed by atoms with E-state index in [1.54, 1.807) is 29.8 Å². The van der Waals surface area contributed by atoms with Crippen LogP contribution in [0, 0.1) is 0 Å². The maximum atomic E-state index is 4.63. The number of hydrogen-bond acceptors (Lipinski definition) is 6. The lowest BCUT2D eigenvalue weighted by molar-refractivity contribution is 0.455. The summed E-state index contributed by atoms with van der Waals surface area (Å²) in [6.07, 6.45) is 5.78. The molecule has 6 heteroatoms. The van der Waals surface area contributed by atoms with Crippen LogP contribution in [0.4, 0.5) is 11.1 Å².